The highest BCUT2D eigenvalue weighted by molar-refractivity contribution is 6.30. The Balaban J connectivity index is 1.94. The highest BCUT2D eigenvalue weighted by Gasteiger charge is 2.58. The van der Waals surface area contributed by atoms with E-state index in [4.69, 9.17) is 11.6 Å². The molecule has 116 valence electrons. The number of carbonyl (C=O) groups excluding carboxylic acids is 2. The van der Waals surface area contributed by atoms with Crippen molar-refractivity contribution in [2.75, 3.05) is 10.8 Å². The van der Waals surface area contributed by atoms with E-state index in [1.165, 1.54) is 0 Å². The molecular formula is C19H16ClNO2. The minimum absolute atomic E-state index is 0.0874. The van der Waals surface area contributed by atoms with Crippen LogP contribution >= 0.6 is 11.6 Å². The van der Waals surface area contributed by atoms with Gasteiger partial charge < -0.3 is 4.90 Å². The standard InChI is InChI=1S/C19H16ClNO2/c1-12-19(10-13-6-2-3-7-14(13)18(19)23)15-8-4-5-9-16(15)21(12)17(22)11-20/h2-9,12H,10-11H2,1H3/t12-,19+/m0/s1. The topological polar surface area (TPSA) is 37.4 Å². The lowest BCUT2D eigenvalue weighted by Crippen LogP contribution is -2.49. The Labute approximate surface area is 139 Å². The van der Waals surface area contributed by atoms with Crippen molar-refractivity contribution in [3.63, 3.8) is 0 Å². The first kappa shape index (κ1) is 14.5. The van der Waals surface area contributed by atoms with Crippen molar-refractivity contribution in [2.45, 2.75) is 24.8 Å². The van der Waals surface area contributed by atoms with Crippen LogP contribution in [0.5, 0.6) is 0 Å². The maximum Gasteiger partial charge on any atom is 0.242 e. The molecule has 0 radical (unpaired) electrons. The minimum Gasteiger partial charge on any atom is -0.307 e. The number of carbonyl (C=O) groups is 2. The summed E-state index contributed by atoms with van der Waals surface area (Å²) in [6, 6.07) is 15.2. The smallest absolute Gasteiger partial charge is 0.242 e. The molecule has 3 nitrogen and oxygen atoms in total. The number of halogens is 1. The summed E-state index contributed by atoms with van der Waals surface area (Å²) in [6.45, 7) is 1.95. The summed E-state index contributed by atoms with van der Waals surface area (Å²) in [5, 5.41) is 0. The van der Waals surface area contributed by atoms with Crippen molar-refractivity contribution in [1.29, 1.82) is 0 Å². The van der Waals surface area contributed by atoms with Crippen LogP contribution in [0.25, 0.3) is 0 Å². The molecule has 1 amide bonds. The third kappa shape index (κ3) is 1.71. The maximum atomic E-state index is 13.3. The third-order valence-electron chi connectivity index (χ3n) is 5.26. The van der Waals surface area contributed by atoms with Crippen molar-refractivity contribution in [3.8, 4) is 0 Å². The van der Waals surface area contributed by atoms with Gasteiger partial charge in [0.25, 0.3) is 0 Å². The predicted molar refractivity (Wildman–Crippen MR) is 90.3 cm³/mol. The summed E-state index contributed by atoms with van der Waals surface area (Å²) in [5.41, 5.74) is 2.88. The summed E-state index contributed by atoms with van der Waals surface area (Å²) in [5.74, 6) is -0.138. The molecule has 1 aliphatic heterocycles. The highest BCUT2D eigenvalue weighted by Crippen LogP contribution is 2.52. The number of Topliss-reactive ketones (excluding diaryl/α,β-unsaturated/α-hetero) is 1. The van der Waals surface area contributed by atoms with Gasteiger partial charge in [-0.15, -0.1) is 11.6 Å². The van der Waals surface area contributed by atoms with E-state index in [1.807, 2.05) is 55.5 Å². The fourth-order valence-corrected chi connectivity index (χ4v) is 4.33. The molecule has 0 aromatic heterocycles. The van der Waals surface area contributed by atoms with Gasteiger partial charge in [-0.05, 0) is 30.5 Å². The molecule has 1 spiro atoms. The molecule has 2 atom stereocenters. The normalized spacial score (nSPS) is 24.9. The van der Waals surface area contributed by atoms with Gasteiger partial charge in [0, 0.05) is 11.3 Å². The number of hydrogen-bond acceptors (Lipinski definition) is 2. The summed E-state index contributed by atoms with van der Waals surface area (Å²) >= 11 is 5.81. The molecule has 2 aliphatic rings. The maximum absolute atomic E-state index is 13.3. The Bertz CT molecular complexity index is 832. The second-order valence-corrected chi connectivity index (χ2v) is 6.49. The van der Waals surface area contributed by atoms with E-state index in [2.05, 4.69) is 0 Å². The van der Waals surface area contributed by atoms with E-state index in [-0.39, 0.29) is 23.6 Å². The molecule has 4 rings (SSSR count). The number of rotatable bonds is 1. The quantitative estimate of drug-likeness (QED) is 0.754. The molecule has 0 saturated heterocycles. The van der Waals surface area contributed by atoms with Crippen LogP contribution in [0.15, 0.2) is 48.5 Å². The first-order valence-corrected chi connectivity index (χ1v) is 8.25. The predicted octanol–water partition coefficient (Wildman–Crippen LogP) is 3.34. The third-order valence-corrected chi connectivity index (χ3v) is 5.49. The van der Waals surface area contributed by atoms with Gasteiger partial charge in [0.15, 0.2) is 5.78 Å². The van der Waals surface area contributed by atoms with Crippen LogP contribution < -0.4 is 4.90 Å². The minimum atomic E-state index is -0.692. The lowest BCUT2D eigenvalue weighted by molar-refractivity contribution is -0.116. The van der Waals surface area contributed by atoms with Crippen LogP contribution in [0.1, 0.15) is 28.4 Å². The number of benzene rings is 2. The van der Waals surface area contributed by atoms with Gasteiger partial charge >= 0.3 is 0 Å². The number of hydrogen-bond donors (Lipinski definition) is 0. The highest BCUT2D eigenvalue weighted by atomic mass is 35.5. The average molecular weight is 326 g/mol. The second-order valence-electron chi connectivity index (χ2n) is 6.22. The molecule has 4 heteroatoms. The van der Waals surface area contributed by atoms with E-state index >= 15 is 0 Å². The number of amides is 1. The molecule has 0 saturated carbocycles. The molecule has 0 N–H and O–H groups in total. The number of fused-ring (bicyclic) bond motifs is 3. The van der Waals surface area contributed by atoms with Crippen molar-refractivity contribution in [1.82, 2.24) is 0 Å². The van der Waals surface area contributed by atoms with Gasteiger partial charge in [-0.25, -0.2) is 0 Å². The Kier molecular flexibility index (Phi) is 3.10. The van der Waals surface area contributed by atoms with Crippen LogP contribution in [0.3, 0.4) is 0 Å². The SMILES string of the molecule is C[C@@H]1N(C(=O)CCl)c2ccccc2[C@@]12Cc1ccccc1C2=O. The van der Waals surface area contributed by atoms with Crippen molar-refractivity contribution in [3.05, 3.63) is 65.2 Å². The lowest BCUT2D eigenvalue weighted by Gasteiger charge is -2.31. The van der Waals surface area contributed by atoms with Crippen LogP contribution in [0.2, 0.25) is 0 Å². The van der Waals surface area contributed by atoms with Gasteiger partial charge in [-0.2, -0.15) is 0 Å². The summed E-state index contributed by atoms with van der Waals surface area (Å²) in [6.07, 6.45) is 0.631. The zero-order chi connectivity index (χ0) is 16.2. The molecular weight excluding hydrogens is 310 g/mol. The van der Waals surface area contributed by atoms with Crippen molar-refractivity contribution >= 4 is 29.0 Å². The van der Waals surface area contributed by atoms with Crippen LogP contribution in [0, 0.1) is 0 Å². The lowest BCUT2D eigenvalue weighted by atomic mass is 9.74. The molecule has 23 heavy (non-hydrogen) atoms. The number of ketones is 1. The fourth-order valence-electron chi connectivity index (χ4n) is 4.20. The van der Waals surface area contributed by atoms with Gasteiger partial charge in [-0.1, -0.05) is 42.5 Å². The van der Waals surface area contributed by atoms with E-state index in [1.54, 1.807) is 4.90 Å². The van der Waals surface area contributed by atoms with Gasteiger partial charge in [-0.3, -0.25) is 9.59 Å². The van der Waals surface area contributed by atoms with Gasteiger partial charge in [0.05, 0.1) is 11.5 Å². The summed E-state index contributed by atoms with van der Waals surface area (Å²) in [4.78, 5) is 27.4. The van der Waals surface area contributed by atoms with Crippen LogP contribution in [-0.4, -0.2) is 23.6 Å². The first-order chi connectivity index (χ1) is 11.1. The number of anilines is 1. The zero-order valence-electron chi connectivity index (χ0n) is 12.8. The van der Waals surface area contributed by atoms with E-state index in [0.29, 0.717) is 6.42 Å². The number of para-hydroxylation sites is 1. The number of alkyl halides is 1. The van der Waals surface area contributed by atoms with E-state index in [9.17, 15) is 9.59 Å². The van der Waals surface area contributed by atoms with E-state index < -0.39 is 5.41 Å². The fraction of sp³-hybridized carbons (Fsp3) is 0.263. The molecule has 0 fully saturated rings. The average Bonchev–Trinajstić information content (AvgIpc) is 3.02. The molecule has 0 unspecified atom stereocenters. The molecule has 2 aromatic carbocycles. The molecule has 2 aromatic rings. The van der Waals surface area contributed by atoms with E-state index in [0.717, 1.165) is 22.4 Å². The van der Waals surface area contributed by atoms with Crippen molar-refractivity contribution < 1.29 is 9.59 Å². The summed E-state index contributed by atoms with van der Waals surface area (Å²) < 4.78 is 0. The Hall–Kier alpha value is -2.13. The first-order valence-electron chi connectivity index (χ1n) is 7.71. The van der Waals surface area contributed by atoms with Crippen LogP contribution in [0.4, 0.5) is 5.69 Å². The second kappa shape index (κ2) is 4.93. The Morgan fingerprint density at radius 1 is 1.22 bits per heavy atom. The summed E-state index contributed by atoms with van der Waals surface area (Å²) in [7, 11) is 0. The van der Waals surface area contributed by atoms with Crippen molar-refractivity contribution in [2.24, 2.45) is 0 Å². The van der Waals surface area contributed by atoms with Gasteiger partial charge in [0.2, 0.25) is 5.91 Å². The Morgan fingerprint density at radius 3 is 2.65 bits per heavy atom. The Morgan fingerprint density at radius 2 is 1.91 bits per heavy atom. The number of nitrogens with zero attached hydrogens (tertiary/aromatic N) is 1. The van der Waals surface area contributed by atoms with Crippen LogP contribution in [-0.2, 0) is 16.6 Å². The van der Waals surface area contributed by atoms with Gasteiger partial charge in [0.1, 0.15) is 5.88 Å². The molecule has 0 bridgehead atoms. The molecule has 1 heterocycles. The monoisotopic (exact) mass is 325 g/mol. The largest absolute Gasteiger partial charge is 0.307 e. The molecule has 1 aliphatic carbocycles. The zero-order valence-corrected chi connectivity index (χ0v) is 13.5.